The van der Waals surface area contributed by atoms with Gasteiger partial charge in [0.25, 0.3) is 0 Å². The molecule has 0 saturated carbocycles. The second-order valence-electron chi connectivity index (χ2n) is 2.01. The number of hydrogen-bond donors (Lipinski definition) is 1. The Labute approximate surface area is 111 Å². The van der Waals surface area contributed by atoms with Crippen LogP contribution in [-0.4, -0.2) is 5.11 Å². The van der Waals surface area contributed by atoms with E-state index in [1.54, 1.807) is 0 Å². The third-order valence-corrected chi connectivity index (χ3v) is 1.21. The summed E-state index contributed by atoms with van der Waals surface area (Å²) in [6.07, 6.45) is -4.47. The van der Waals surface area contributed by atoms with Gasteiger partial charge < -0.3 is 6.53 Å². The summed E-state index contributed by atoms with van der Waals surface area (Å²) in [5.74, 6) is -0.736. The van der Waals surface area contributed by atoms with Crippen LogP contribution in [0.2, 0.25) is 0 Å². The molecule has 0 aromatic heterocycles. The summed E-state index contributed by atoms with van der Waals surface area (Å²) < 4.78 is 35.7. The van der Waals surface area contributed by atoms with Crippen LogP contribution in [-0.2, 0) is 6.18 Å². The zero-order valence-corrected chi connectivity index (χ0v) is 9.51. The Morgan fingerprint density at radius 1 is 1.17 bits per heavy atom. The summed E-state index contributed by atoms with van der Waals surface area (Å²) in [5, 5.41) is 8.73. The van der Waals surface area contributed by atoms with Gasteiger partial charge in [-0.15, -0.1) is 0 Å². The SMILES string of the molecule is Oc1ccccc1C(F)(F)F.[H-].[K+]. The minimum Gasteiger partial charge on any atom is -1.00 e. The summed E-state index contributed by atoms with van der Waals surface area (Å²) in [6, 6.07) is 4.39. The number of alkyl halides is 3. The molecule has 0 unspecified atom stereocenters. The molecule has 0 spiro atoms. The molecule has 1 nitrogen and oxygen atoms in total. The molecule has 0 aliphatic heterocycles. The van der Waals surface area contributed by atoms with Gasteiger partial charge in [-0.2, -0.15) is 13.2 Å². The Kier molecular flexibility index (Phi) is 4.79. The van der Waals surface area contributed by atoms with Gasteiger partial charge in [0.05, 0.1) is 5.56 Å². The van der Waals surface area contributed by atoms with Crippen molar-refractivity contribution in [3.63, 3.8) is 0 Å². The maximum absolute atomic E-state index is 11.9. The van der Waals surface area contributed by atoms with Gasteiger partial charge in [-0.25, -0.2) is 0 Å². The first-order chi connectivity index (χ1) is 5.02. The van der Waals surface area contributed by atoms with Crippen molar-refractivity contribution in [2.24, 2.45) is 0 Å². The molecule has 1 aromatic carbocycles. The topological polar surface area (TPSA) is 20.2 Å². The molecule has 0 aliphatic rings. The fourth-order valence-electron chi connectivity index (χ4n) is 0.713. The molecule has 1 N–H and O–H groups in total. The summed E-state index contributed by atoms with van der Waals surface area (Å²) in [5.41, 5.74) is -1.000. The van der Waals surface area contributed by atoms with E-state index >= 15 is 0 Å². The van der Waals surface area contributed by atoms with E-state index in [-0.39, 0.29) is 52.8 Å². The van der Waals surface area contributed by atoms with E-state index in [0.717, 1.165) is 12.1 Å². The van der Waals surface area contributed by atoms with E-state index in [9.17, 15) is 13.2 Å². The number of hydrogen-bond acceptors (Lipinski definition) is 1. The van der Waals surface area contributed by atoms with E-state index in [2.05, 4.69) is 0 Å². The molecule has 1 aromatic rings. The van der Waals surface area contributed by atoms with Gasteiger partial charge in [0.1, 0.15) is 5.75 Å². The number of para-hydroxylation sites is 1. The van der Waals surface area contributed by atoms with Gasteiger partial charge >= 0.3 is 57.6 Å². The molecular weight excluding hydrogens is 196 g/mol. The molecule has 5 heteroatoms. The summed E-state index contributed by atoms with van der Waals surface area (Å²) in [4.78, 5) is 0. The predicted molar refractivity (Wildman–Crippen MR) is 34.2 cm³/mol. The molecule has 0 bridgehead atoms. The maximum Gasteiger partial charge on any atom is 1.00 e. The second kappa shape index (κ2) is 4.62. The van der Waals surface area contributed by atoms with Gasteiger partial charge in [0, 0.05) is 0 Å². The smallest absolute Gasteiger partial charge is 1.00 e. The van der Waals surface area contributed by atoms with Crippen LogP contribution in [0.1, 0.15) is 6.99 Å². The first-order valence-electron chi connectivity index (χ1n) is 2.87. The van der Waals surface area contributed by atoms with Crippen molar-refractivity contribution in [2.45, 2.75) is 6.18 Å². The number of benzene rings is 1. The first-order valence-corrected chi connectivity index (χ1v) is 2.87. The van der Waals surface area contributed by atoms with Crippen LogP contribution in [0.5, 0.6) is 5.75 Å². The van der Waals surface area contributed by atoms with Crippen molar-refractivity contribution in [2.75, 3.05) is 0 Å². The summed E-state index contributed by atoms with van der Waals surface area (Å²) >= 11 is 0. The summed E-state index contributed by atoms with van der Waals surface area (Å²) in [7, 11) is 0. The molecule has 0 fully saturated rings. The summed E-state index contributed by atoms with van der Waals surface area (Å²) in [6.45, 7) is 0. The van der Waals surface area contributed by atoms with Gasteiger partial charge in [-0.05, 0) is 12.1 Å². The monoisotopic (exact) mass is 202 g/mol. The third-order valence-electron chi connectivity index (χ3n) is 1.21. The van der Waals surface area contributed by atoms with Gasteiger partial charge in [0.2, 0.25) is 0 Å². The minimum absolute atomic E-state index is 0. The Morgan fingerprint density at radius 2 is 1.67 bits per heavy atom. The van der Waals surface area contributed by atoms with Crippen LogP contribution in [0.3, 0.4) is 0 Å². The van der Waals surface area contributed by atoms with Crippen LogP contribution in [0.15, 0.2) is 24.3 Å². The molecule has 0 heterocycles. The standard InChI is InChI=1S/C7H5F3O.K.H/c8-7(9,10)5-3-1-2-4-6(5)11;;/h1-4,11H;;/q;+1;-1. The predicted octanol–water partition coefficient (Wildman–Crippen LogP) is -0.473. The average molecular weight is 202 g/mol. The van der Waals surface area contributed by atoms with Gasteiger partial charge in [-0.3, -0.25) is 0 Å². The van der Waals surface area contributed by atoms with E-state index in [0.29, 0.717) is 0 Å². The molecule has 1 rings (SSSR count). The normalized spacial score (nSPS) is 10.6. The quantitative estimate of drug-likeness (QED) is 0.564. The fourth-order valence-corrected chi connectivity index (χ4v) is 0.713. The van der Waals surface area contributed by atoms with E-state index < -0.39 is 17.5 Å². The van der Waals surface area contributed by atoms with Gasteiger partial charge in [0.15, 0.2) is 0 Å². The van der Waals surface area contributed by atoms with Crippen molar-refractivity contribution < 1.29 is 71.1 Å². The van der Waals surface area contributed by atoms with Crippen LogP contribution in [0.25, 0.3) is 0 Å². The second-order valence-corrected chi connectivity index (χ2v) is 2.01. The minimum atomic E-state index is -4.47. The van der Waals surface area contributed by atoms with Crippen LogP contribution in [0.4, 0.5) is 13.2 Å². The Balaban J connectivity index is 0. The van der Waals surface area contributed by atoms with E-state index in [1.165, 1.54) is 12.1 Å². The Morgan fingerprint density at radius 3 is 2.00 bits per heavy atom. The Hall–Kier alpha value is 0.446. The van der Waals surface area contributed by atoms with Crippen molar-refractivity contribution >= 4 is 0 Å². The number of halogens is 3. The van der Waals surface area contributed by atoms with Crippen molar-refractivity contribution in [1.82, 2.24) is 0 Å². The molecule has 0 radical (unpaired) electrons. The number of phenolic OH excluding ortho intramolecular Hbond substituents is 1. The molecule has 12 heavy (non-hydrogen) atoms. The number of rotatable bonds is 0. The van der Waals surface area contributed by atoms with Crippen molar-refractivity contribution in [3.05, 3.63) is 29.8 Å². The molecule has 62 valence electrons. The average Bonchev–Trinajstić information content (AvgIpc) is 1.86. The van der Waals surface area contributed by atoms with Crippen molar-refractivity contribution in [3.8, 4) is 5.75 Å². The fraction of sp³-hybridized carbons (Fsp3) is 0.143. The first kappa shape index (κ1) is 12.4. The largest absolute Gasteiger partial charge is 1.00 e. The zero-order valence-electron chi connectivity index (χ0n) is 7.39. The molecule has 0 amide bonds. The molecular formula is C7H6F3KO. The van der Waals surface area contributed by atoms with Crippen LogP contribution >= 0.6 is 0 Å². The molecule has 0 saturated heterocycles. The molecule has 0 atom stereocenters. The van der Waals surface area contributed by atoms with E-state index in [4.69, 9.17) is 5.11 Å². The molecule has 0 aliphatic carbocycles. The number of aromatic hydroxyl groups is 1. The van der Waals surface area contributed by atoms with E-state index in [1.807, 2.05) is 0 Å². The third kappa shape index (κ3) is 3.06. The number of phenols is 1. The Bertz CT molecular complexity index is 264. The van der Waals surface area contributed by atoms with Gasteiger partial charge in [-0.1, -0.05) is 12.1 Å². The maximum atomic E-state index is 11.9. The van der Waals surface area contributed by atoms with Crippen molar-refractivity contribution in [1.29, 1.82) is 0 Å². The van der Waals surface area contributed by atoms with Crippen LogP contribution in [0, 0.1) is 0 Å². The van der Waals surface area contributed by atoms with Crippen LogP contribution < -0.4 is 51.4 Å². The zero-order chi connectivity index (χ0) is 8.48.